The summed E-state index contributed by atoms with van der Waals surface area (Å²) in [5.41, 5.74) is 5.49. The highest BCUT2D eigenvalue weighted by atomic mass is 16.5. The molecule has 0 aromatic rings. The summed E-state index contributed by atoms with van der Waals surface area (Å²) in [7, 11) is 2.49. The van der Waals surface area contributed by atoms with Crippen molar-refractivity contribution in [3.8, 4) is 0 Å². The Morgan fingerprint density at radius 1 is 1.29 bits per heavy atom. The van der Waals surface area contributed by atoms with Crippen LogP contribution in [-0.4, -0.2) is 66.0 Å². The third kappa shape index (κ3) is 5.78. The molecular weight excluding hydrogens is 282 g/mol. The van der Waals surface area contributed by atoms with Crippen LogP contribution in [0.4, 0.5) is 0 Å². The van der Waals surface area contributed by atoms with Crippen LogP contribution in [0.2, 0.25) is 0 Å². The smallest absolute Gasteiger partial charge is 0.326 e. The Labute approximate surface area is 122 Å². The Balaban J connectivity index is 4.56. The van der Waals surface area contributed by atoms with E-state index in [4.69, 9.17) is 10.8 Å². The maximum Gasteiger partial charge on any atom is 0.326 e. The number of carboxylic acid groups (broad SMARTS) is 1. The zero-order valence-electron chi connectivity index (χ0n) is 12.5. The van der Waals surface area contributed by atoms with Crippen LogP contribution in [0.1, 0.15) is 20.3 Å². The number of nitrogens with zero attached hydrogens (tertiary/aromatic N) is 1. The van der Waals surface area contributed by atoms with E-state index in [9.17, 15) is 19.2 Å². The van der Waals surface area contributed by atoms with Gasteiger partial charge < -0.3 is 25.8 Å². The molecule has 9 heteroatoms. The molecule has 0 aliphatic rings. The minimum atomic E-state index is -1.16. The average Bonchev–Trinajstić information content (AvgIpc) is 2.43. The highest BCUT2D eigenvalue weighted by Gasteiger charge is 2.28. The maximum absolute atomic E-state index is 11.9. The minimum absolute atomic E-state index is 0.315. The van der Waals surface area contributed by atoms with E-state index >= 15 is 0 Å². The lowest BCUT2D eigenvalue weighted by atomic mass is 10.2. The molecule has 9 nitrogen and oxygen atoms in total. The molecule has 2 amide bonds. The van der Waals surface area contributed by atoms with E-state index in [2.05, 4.69) is 10.1 Å². The molecule has 0 saturated carbocycles. The molecule has 120 valence electrons. The van der Waals surface area contributed by atoms with Crippen molar-refractivity contribution in [2.24, 2.45) is 5.73 Å². The van der Waals surface area contributed by atoms with E-state index in [-0.39, 0.29) is 6.42 Å². The van der Waals surface area contributed by atoms with Crippen molar-refractivity contribution < 1.29 is 29.0 Å². The van der Waals surface area contributed by atoms with Gasteiger partial charge in [-0.2, -0.15) is 0 Å². The molecule has 0 unspecified atom stereocenters. The molecule has 0 aromatic heterocycles. The normalized spacial score (nSPS) is 14.5. The lowest BCUT2D eigenvalue weighted by Crippen LogP contribution is -2.53. The predicted molar refractivity (Wildman–Crippen MR) is 72.1 cm³/mol. The fraction of sp³-hybridized carbons (Fsp3) is 0.667. The van der Waals surface area contributed by atoms with Gasteiger partial charge in [0.25, 0.3) is 0 Å². The first-order valence-electron chi connectivity index (χ1n) is 6.24. The third-order valence-electron chi connectivity index (χ3n) is 2.97. The van der Waals surface area contributed by atoms with Crippen LogP contribution in [0.5, 0.6) is 0 Å². The quantitative estimate of drug-likeness (QED) is 0.477. The number of hydrogen-bond donors (Lipinski definition) is 3. The molecule has 0 aliphatic carbocycles. The van der Waals surface area contributed by atoms with Crippen molar-refractivity contribution in [1.82, 2.24) is 10.2 Å². The molecule has 0 spiro atoms. The van der Waals surface area contributed by atoms with E-state index in [0.29, 0.717) is 0 Å². The van der Waals surface area contributed by atoms with Gasteiger partial charge in [0.1, 0.15) is 12.1 Å². The molecule has 0 bridgehead atoms. The molecule has 0 radical (unpaired) electrons. The van der Waals surface area contributed by atoms with Gasteiger partial charge >= 0.3 is 11.9 Å². The number of ether oxygens (including phenoxy) is 1. The van der Waals surface area contributed by atoms with Gasteiger partial charge in [-0.05, 0) is 13.8 Å². The van der Waals surface area contributed by atoms with Crippen LogP contribution in [0.15, 0.2) is 0 Å². The highest BCUT2D eigenvalue weighted by Crippen LogP contribution is 2.01. The van der Waals surface area contributed by atoms with E-state index < -0.39 is 41.9 Å². The van der Waals surface area contributed by atoms with Gasteiger partial charge in [0, 0.05) is 7.05 Å². The summed E-state index contributed by atoms with van der Waals surface area (Å²) in [4.78, 5) is 46.4. The predicted octanol–water partition coefficient (Wildman–Crippen LogP) is -1.69. The lowest BCUT2D eigenvalue weighted by Gasteiger charge is -2.25. The minimum Gasteiger partial charge on any atom is -0.480 e. The fourth-order valence-electron chi connectivity index (χ4n) is 1.40. The van der Waals surface area contributed by atoms with Gasteiger partial charge in [0.05, 0.1) is 19.6 Å². The molecule has 0 fully saturated rings. The van der Waals surface area contributed by atoms with Gasteiger partial charge in [-0.15, -0.1) is 0 Å². The number of nitrogens with one attached hydrogen (secondary N) is 1. The maximum atomic E-state index is 11.9. The molecule has 21 heavy (non-hydrogen) atoms. The number of methoxy groups -OCH3 is 1. The number of carbonyl (C=O) groups is 4. The van der Waals surface area contributed by atoms with Gasteiger partial charge in [-0.25, -0.2) is 4.79 Å². The summed E-state index contributed by atoms with van der Waals surface area (Å²) in [6, 6.07) is -3.14. The number of esters is 1. The molecule has 0 saturated heterocycles. The number of carbonyl (C=O) groups excluding carboxylic acids is 3. The molecule has 4 N–H and O–H groups in total. The summed E-state index contributed by atoms with van der Waals surface area (Å²) in [6.07, 6.45) is -0.315. The van der Waals surface area contributed by atoms with E-state index in [1.54, 1.807) is 0 Å². The van der Waals surface area contributed by atoms with Crippen LogP contribution >= 0.6 is 0 Å². The van der Waals surface area contributed by atoms with Crippen molar-refractivity contribution in [3.05, 3.63) is 0 Å². The van der Waals surface area contributed by atoms with Crippen molar-refractivity contribution in [3.63, 3.8) is 0 Å². The zero-order valence-corrected chi connectivity index (χ0v) is 12.5. The van der Waals surface area contributed by atoms with Crippen LogP contribution in [0.25, 0.3) is 0 Å². The number of carboxylic acids is 1. The van der Waals surface area contributed by atoms with Crippen molar-refractivity contribution in [2.45, 2.75) is 38.4 Å². The number of amides is 2. The van der Waals surface area contributed by atoms with Crippen molar-refractivity contribution >= 4 is 23.8 Å². The Morgan fingerprint density at radius 3 is 2.24 bits per heavy atom. The molecular formula is C12H21N3O6. The summed E-state index contributed by atoms with van der Waals surface area (Å²) in [5, 5.41) is 11.2. The van der Waals surface area contributed by atoms with Crippen molar-refractivity contribution in [2.75, 3.05) is 14.2 Å². The summed E-state index contributed by atoms with van der Waals surface area (Å²) in [6.45, 7) is 2.74. The first kappa shape index (κ1) is 18.8. The number of hydrogen-bond acceptors (Lipinski definition) is 6. The largest absolute Gasteiger partial charge is 0.480 e. The fourth-order valence-corrected chi connectivity index (χ4v) is 1.40. The van der Waals surface area contributed by atoms with Gasteiger partial charge in [-0.3, -0.25) is 14.4 Å². The number of rotatable bonds is 7. The van der Waals surface area contributed by atoms with Crippen LogP contribution in [0.3, 0.4) is 0 Å². The summed E-state index contributed by atoms with van der Waals surface area (Å²) < 4.78 is 4.38. The van der Waals surface area contributed by atoms with E-state index in [0.717, 1.165) is 4.90 Å². The van der Waals surface area contributed by atoms with Gasteiger partial charge in [0.15, 0.2) is 0 Å². The molecule has 0 rings (SSSR count). The SMILES string of the molecule is COC(=O)C[C@H](N)C(=O)N[C@@H](C)C(=O)N(C)[C@@H](C)C(=O)O. The Kier molecular flexibility index (Phi) is 7.36. The molecule has 0 heterocycles. The second-order valence-electron chi connectivity index (χ2n) is 4.58. The number of likely N-dealkylation sites (N-methyl/N-ethyl adjacent to an activating group) is 1. The number of nitrogens with two attached hydrogens (primary N) is 1. The topological polar surface area (TPSA) is 139 Å². The second-order valence-corrected chi connectivity index (χ2v) is 4.58. The molecule has 0 aliphatic heterocycles. The van der Waals surface area contributed by atoms with E-state index in [1.807, 2.05) is 0 Å². The Hall–Kier alpha value is -2.16. The third-order valence-corrected chi connectivity index (χ3v) is 2.97. The van der Waals surface area contributed by atoms with E-state index in [1.165, 1.54) is 28.0 Å². The lowest BCUT2D eigenvalue weighted by molar-refractivity contribution is -0.149. The standard InChI is InChI=1S/C12H21N3O6/c1-6(11(18)15(3)7(2)12(19)20)14-10(17)8(13)5-9(16)21-4/h6-8H,5,13H2,1-4H3,(H,14,17)(H,19,20)/t6-,7-,8-/m0/s1. The van der Waals surface area contributed by atoms with Crippen molar-refractivity contribution in [1.29, 1.82) is 0 Å². The first-order chi connectivity index (χ1) is 9.61. The highest BCUT2D eigenvalue weighted by molar-refractivity contribution is 5.92. The Bertz CT molecular complexity index is 425. The molecule has 3 atom stereocenters. The van der Waals surface area contributed by atoms with Gasteiger partial charge in [0.2, 0.25) is 11.8 Å². The van der Waals surface area contributed by atoms with Crippen LogP contribution in [-0.2, 0) is 23.9 Å². The monoisotopic (exact) mass is 303 g/mol. The molecule has 0 aromatic carbocycles. The summed E-state index contributed by atoms with van der Waals surface area (Å²) in [5.74, 6) is -3.08. The summed E-state index contributed by atoms with van der Waals surface area (Å²) >= 11 is 0. The van der Waals surface area contributed by atoms with Crippen LogP contribution in [0, 0.1) is 0 Å². The number of aliphatic carboxylic acids is 1. The van der Waals surface area contributed by atoms with Crippen LogP contribution < -0.4 is 11.1 Å². The average molecular weight is 303 g/mol. The Morgan fingerprint density at radius 2 is 1.81 bits per heavy atom. The first-order valence-corrected chi connectivity index (χ1v) is 6.24. The second kappa shape index (κ2) is 8.20. The zero-order chi connectivity index (χ0) is 16.7. The van der Waals surface area contributed by atoms with Gasteiger partial charge in [-0.1, -0.05) is 0 Å².